The van der Waals surface area contributed by atoms with Gasteiger partial charge in [-0.25, -0.2) is 0 Å². The van der Waals surface area contributed by atoms with Gasteiger partial charge in [0.25, 0.3) is 0 Å². The molecule has 4 nitrogen and oxygen atoms in total. The molecule has 0 heterocycles. The highest BCUT2D eigenvalue weighted by molar-refractivity contribution is 6.31. The molecule has 0 N–H and O–H groups in total. The molecule has 0 fully saturated rings. The van der Waals surface area contributed by atoms with Gasteiger partial charge in [0.1, 0.15) is 0 Å². The van der Waals surface area contributed by atoms with Gasteiger partial charge < -0.3 is 9.47 Å². The summed E-state index contributed by atoms with van der Waals surface area (Å²) in [6.07, 6.45) is -0.0730. The number of benzene rings is 1. The number of rotatable bonds is 6. The molecule has 5 heteroatoms. The van der Waals surface area contributed by atoms with Crippen LogP contribution in [-0.2, 0) is 19.1 Å². The van der Waals surface area contributed by atoms with Crippen molar-refractivity contribution in [1.82, 2.24) is 0 Å². The van der Waals surface area contributed by atoms with Gasteiger partial charge in [-0.2, -0.15) is 0 Å². The van der Waals surface area contributed by atoms with Crippen LogP contribution >= 0.6 is 11.6 Å². The van der Waals surface area contributed by atoms with E-state index in [-0.39, 0.29) is 19.6 Å². The fourth-order valence-corrected chi connectivity index (χ4v) is 1.97. The number of carbonyl (C=O) groups excluding carboxylic acids is 2. The van der Waals surface area contributed by atoms with Crippen molar-refractivity contribution in [3.63, 3.8) is 0 Å². The third kappa shape index (κ3) is 4.56. The van der Waals surface area contributed by atoms with Crippen LogP contribution in [0.2, 0.25) is 5.02 Å². The summed E-state index contributed by atoms with van der Waals surface area (Å²) >= 11 is 6.06. The summed E-state index contributed by atoms with van der Waals surface area (Å²) in [6, 6.07) is 6.91. The Kier molecular flexibility index (Phi) is 6.36. The van der Waals surface area contributed by atoms with Crippen molar-refractivity contribution in [2.24, 2.45) is 0 Å². The molecular formula is C14H17ClO4. The average Bonchev–Trinajstić information content (AvgIpc) is 2.37. The Bertz CT molecular complexity index is 445. The molecule has 19 heavy (non-hydrogen) atoms. The Balaban J connectivity index is 2.95. The minimum absolute atomic E-state index is 0.0730. The zero-order chi connectivity index (χ0) is 14.3. The first-order valence-corrected chi connectivity index (χ1v) is 6.54. The number of hydrogen-bond donors (Lipinski definition) is 0. The van der Waals surface area contributed by atoms with Gasteiger partial charge in [0.05, 0.1) is 25.6 Å². The predicted octanol–water partition coefficient (Wildman–Crippen LogP) is 2.94. The van der Waals surface area contributed by atoms with Crippen LogP contribution in [0.25, 0.3) is 0 Å². The minimum Gasteiger partial charge on any atom is -0.466 e. The van der Waals surface area contributed by atoms with E-state index in [1.807, 2.05) is 0 Å². The van der Waals surface area contributed by atoms with Gasteiger partial charge in [-0.3, -0.25) is 9.59 Å². The molecule has 1 aromatic rings. The lowest BCUT2D eigenvalue weighted by atomic mass is 9.96. The molecular weight excluding hydrogens is 268 g/mol. The van der Waals surface area contributed by atoms with Crippen molar-refractivity contribution in [1.29, 1.82) is 0 Å². The molecule has 0 amide bonds. The maximum Gasteiger partial charge on any atom is 0.314 e. The lowest BCUT2D eigenvalue weighted by molar-refractivity contribution is -0.151. The van der Waals surface area contributed by atoms with Crippen LogP contribution in [0.1, 0.15) is 31.7 Å². The maximum atomic E-state index is 11.9. The molecule has 1 atom stereocenters. The highest BCUT2D eigenvalue weighted by Gasteiger charge is 2.27. The number of halogens is 1. The molecule has 0 bridgehead atoms. The zero-order valence-corrected chi connectivity index (χ0v) is 11.8. The van der Waals surface area contributed by atoms with Crippen molar-refractivity contribution < 1.29 is 19.1 Å². The fraction of sp³-hybridized carbons (Fsp3) is 0.429. The van der Waals surface area contributed by atoms with E-state index < -0.39 is 17.9 Å². The van der Waals surface area contributed by atoms with Crippen molar-refractivity contribution in [2.75, 3.05) is 13.2 Å². The van der Waals surface area contributed by atoms with Crippen molar-refractivity contribution in [3.05, 3.63) is 34.9 Å². The van der Waals surface area contributed by atoms with Crippen LogP contribution in [-0.4, -0.2) is 25.2 Å². The fourth-order valence-electron chi connectivity index (χ4n) is 1.71. The van der Waals surface area contributed by atoms with E-state index in [1.165, 1.54) is 0 Å². The van der Waals surface area contributed by atoms with Crippen LogP contribution in [0.4, 0.5) is 0 Å². The molecule has 0 spiro atoms. The summed E-state index contributed by atoms with van der Waals surface area (Å²) in [5.41, 5.74) is 0.579. The molecule has 0 saturated carbocycles. The summed E-state index contributed by atoms with van der Waals surface area (Å²) in [6.45, 7) is 3.96. The summed E-state index contributed by atoms with van der Waals surface area (Å²) in [5.74, 6) is -1.64. The van der Waals surface area contributed by atoms with E-state index in [1.54, 1.807) is 38.1 Å². The summed E-state index contributed by atoms with van der Waals surface area (Å²) < 4.78 is 9.86. The quantitative estimate of drug-likeness (QED) is 0.754. The van der Waals surface area contributed by atoms with E-state index in [9.17, 15) is 9.59 Å². The van der Waals surface area contributed by atoms with Crippen molar-refractivity contribution >= 4 is 23.5 Å². The Hall–Kier alpha value is -1.55. The average molecular weight is 285 g/mol. The molecule has 0 aliphatic carbocycles. The first-order valence-electron chi connectivity index (χ1n) is 6.16. The Morgan fingerprint density at radius 1 is 1.16 bits per heavy atom. The van der Waals surface area contributed by atoms with Crippen LogP contribution in [0, 0.1) is 0 Å². The normalized spacial score (nSPS) is 11.7. The molecule has 1 aromatic carbocycles. The minimum atomic E-state index is -0.729. The maximum absolute atomic E-state index is 11.9. The van der Waals surface area contributed by atoms with Gasteiger partial charge in [-0.1, -0.05) is 29.8 Å². The van der Waals surface area contributed by atoms with E-state index in [0.29, 0.717) is 10.6 Å². The van der Waals surface area contributed by atoms with Gasteiger partial charge in [-0.15, -0.1) is 0 Å². The molecule has 0 unspecified atom stereocenters. The van der Waals surface area contributed by atoms with Crippen LogP contribution in [0.15, 0.2) is 24.3 Å². The van der Waals surface area contributed by atoms with Gasteiger partial charge in [0, 0.05) is 5.02 Å². The zero-order valence-electron chi connectivity index (χ0n) is 11.0. The van der Waals surface area contributed by atoms with Gasteiger partial charge in [-0.05, 0) is 25.5 Å². The first-order chi connectivity index (χ1) is 9.10. The van der Waals surface area contributed by atoms with E-state index >= 15 is 0 Å². The largest absolute Gasteiger partial charge is 0.466 e. The molecule has 0 aliphatic heterocycles. The highest BCUT2D eigenvalue weighted by Crippen LogP contribution is 2.28. The Morgan fingerprint density at radius 3 is 2.37 bits per heavy atom. The molecule has 0 aromatic heterocycles. The lowest BCUT2D eigenvalue weighted by Crippen LogP contribution is -2.21. The third-order valence-electron chi connectivity index (χ3n) is 2.53. The monoisotopic (exact) mass is 284 g/mol. The molecule has 0 radical (unpaired) electrons. The van der Waals surface area contributed by atoms with Crippen LogP contribution in [0.3, 0.4) is 0 Å². The van der Waals surface area contributed by atoms with E-state index in [0.717, 1.165) is 0 Å². The van der Waals surface area contributed by atoms with Crippen LogP contribution in [0.5, 0.6) is 0 Å². The number of hydrogen-bond acceptors (Lipinski definition) is 4. The molecule has 0 saturated heterocycles. The van der Waals surface area contributed by atoms with Crippen LogP contribution < -0.4 is 0 Å². The Labute approximate surface area is 117 Å². The Morgan fingerprint density at radius 2 is 1.79 bits per heavy atom. The second kappa shape index (κ2) is 7.79. The molecule has 104 valence electrons. The number of esters is 2. The number of ether oxygens (including phenoxy) is 2. The second-order valence-electron chi connectivity index (χ2n) is 3.84. The predicted molar refractivity (Wildman–Crippen MR) is 72.1 cm³/mol. The summed E-state index contributed by atoms with van der Waals surface area (Å²) in [5, 5.41) is 0.435. The smallest absolute Gasteiger partial charge is 0.314 e. The standard InChI is InChI=1S/C14H17ClO4/c1-3-18-13(16)9-11(14(17)19-4-2)10-7-5-6-8-12(10)15/h5-8,11H,3-4,9H2,1-2H3/t11-/m1/s1. The van der Waals surface area contributed by atoms with Crippen molar-refractivity contribution in [2.45, 2.75) is 26.2 Å². The second-order valence-corrected chi connectivity index (χ2v) is 4.24. The lowest BCUT2D eigenvalue weighted by Gasteiger charge is -2.16. The summed E-state index contributed by atoms with van der Waals surface area (Å²) in [4.78, 5) is 23.5. The summed E-state index contributed by atoms with van der Waals surface area (Å²) in [7, 11) is 0. The third-order valence-corrected chi connectivity index (χ3v) is 2.87. The molecule has 1 rings (SSSR count). The SMILES string of the molecule is CCOC(=O)C[C@@H](C(=O)OCC)c1ccccc1Cl. The molecule has 0 aliphatic rings. The first kappa shape index (κ1) is 15.5. The van der Waals surface area contributed by atoms with Gasteiger partial charge in [0.15, 0.2) is 0 Å². The van der Waals surface area contributed by atoms with Crippen molar-refractivity contribution in [3.8, 4) is 0 Å². The van der Waals surface area contributed by atoms with E-state index in [2.05, 4.69) is 0 Å². The van der Waals surface area contributed by atoms with E-state index in [4.69, 9.17) is 21.1 Å². The topological polar surface area (TPSA) is 52.6 Å². The number of carbonyl (C=O) groups is 2. The van der Waals surface area contributed by atoms with Gasteiger partial charge >= 0.3 is 11.9 Å². The van der Waals surface area contributed by atoms with Gasteiger partial charge in [0.2, 0.25) is 0 Å². The highest BCUT2D eigenvalue weighted by atomic mass is 35.5.